The molecule has 1 aliphatic carbocycles. The minimum absolute atomic E-state index is 0.874. The van der Waals surface area contributed by atoms with E-state index in [0.717, 1.165) is 10.4 Å². The molecule has 0 spiro atoms. The second kappa shape index (κ2) is 2.56. The number of nitrogens with two attached hydrogens (primary N) is 1. The van der Waals surface area contributed by atoms with Crippen molar-refractivity contribution in [3.05, 3.63) is 29.3 Å². The van der Waals surface area contributed by atoms with E-state index in [-0.39, 0.29) is 0 Å². The summed E-state index contributed by atoms with van der Waals surface area (Å²) in [6.07, 6.45) is 2.50. The van der Waals surface area contributed by atoms with E-state index in [9.17, 15) is 0 Å². The maximum absolute atomic E-state index is 5.68. The summed E-state index contributed by atoms with van der Waals surface area (Å²) in [6.45, 7) is 0. The molecule has 1 aliphatic rings. The van der Waals surface area contributed by atoms with Gasteiger partial charge in [-0.25, -0.2) is 0 Å². The number of anilines is 1. The summed E-state index contributed by atoms with van der Waals surface area (Å²) in [4.78, 5) is 0. The Kier molecular flexibility index (Phi) is 1.69. The van der Waals surface area contributed by atoms with E-state index in [2.05, 4.69) is 12.1 Å². The van der Waals surface area contributed by atoms with E-state index in [1.165, 1.54) is 24.0 Å². The van der Waals surface area contributed by atoms with Gasteiger partial charge in [-0.3, -0.25) is 0 Å². The second-order valence-electron chi connectivity index (χ2n) is 3.20. The Morgan fingerprint density at radius 3 is 2.82 bits per heavy atom. The van der Waals surface area contributed by atoms with E-state index in [1.807, 2.05) is 22.9 Å². The molecule has 11 heavy (non-hydrogen) atoms. The molecular weight excluding hydrogens is 197 g/mol. The van der Waals surface area contributed by atoms with Crippen molar-refractivity contribution in [2.75, 3.05) is 5.73 Å². The fourth-order valence-electron chi connectivity index (χ4n) is 1.67. The monoisotopic (exact) mass is 209 g/mol. The first-order valence-corrected chi connectivity index (χ1v) is 5.28. The molecule has 1 nitrogen and oxygen atoms in total. The molecule has 0 saturated carbocycles. The van der Waals surface area contributed by atoms with Gasteiger partial charge in [-0.15, -0.1) is 0 Å². The molecule has 0 bridgehead atoms. The van der Waals surface area contributed by atoms with Gasteiger partial charge in [0.1, 0.15) is 0 Å². The Morgan fingerprint density at radius 2 is 2.00 bits per heavy atom. The SMILES string of the molecule is Nc1ccc2c(c1)C[C@@H]([AsH2])C2. The van der Waals surface area contributed by atoms with Gasteiger partial charge in [-0.2, -0.15) is 0 Å². The van der Waals surface area contributed by atoms with E-state index in [4.69, 9.17) is 5.73 Å². The third kappa shape index (κ3) is 1.30. The van der Waals surface area contributed by atoms with Crippen LogP contribution in [0.4, 0.5) is 5.69 Å². The number of nitrogen functional groups attached to an aromatic ring is 1. The van der Waals surface area contributed by atoms with Crippen LogP contribution in [0.1, 0.15) is 11.1 Å². The van der Waals surface area contributed by atoms with Crippen molar-refractivity contribution in [3.63, 3.8) is 0 Å². The number of hydrogen-bond donors (Lipinski definition) is 1. The van der Waals surface area contributed by atoms with Crippen LogP contribution in [0.3, 0.4) is 0 Å². The summed E-state index contributed by atoms with van der Waals surface area (Å²) < 4.78 is 0.874. The van der Waals surface area contributed by atoms with Crippen molar-refractivity contribution in [2.45, 2.75) is 17.5 Å². The van der Waals surface area contributed by atoms with Gasteiger partial charge in [-0.05, 0) is 0 Å². The molecule has 0 aliphatic heterocycles. The zero-order chi connectivity index (χ0) is 7.84. The molecule has 2 rings (SSSR count). The summed E-state index contributed by atoms with van der Waals surface area (Å²) in [5, 5.41) is 0. The topological polar surface area (TPSA) is 26.0 Å². The first-order valence-electron chi connectivity index (χ1n) is 3.88. The number of benzene rings is 1. The van der Waals surface area contributed by atoms with Gasteiger partial charge in [0, 0.05) is 0 Å². The van der Waals surface area contributed by atoms with Crippen LogP contribution in [0.25, 0.3) is 0 Å². The average Bonchev–Trinajstić information content (AvgIpc) is 2.27. The molecule has 1 unspecified atom stereocenters. The molecule has 0 fully saturated rings. The standard InChI is InChI=1S/C9H12AsN/c10-8-3-6-1-2-9(11)5-7(6)4-8/h1-2,5,8H,3-4,10-11H2/t8-/m0/s1. The zero-order valence-corrected chi connectivity index (χ0v) is 8.80. The van der Waals surface area contributed by atoms with Crippen LogP contribution in [0.15, 0.2) is 18.2 Å². The molecule has 2 atom stereocenters. The number of fused-ring (bicyclic) bond motifs is 1. The molecule has 2 N–H and O–H groups in total. The minimum atomic E-state index is 0.874. The van der Waals surface area contributed by atoms with Gasteiger partial charge in [0.15, 0.2) is 0 Å². The van der Waals surface area contributed by atoms with Crippen molar-refractivity contribution >= 4 is 22.5 Å². The molecule has 0 radical (unpaired) electrons. The summed E-state index contributed by atoms with van der Waals surface area (Å²) in [7, 11) is 0. The van der Waals surface area contributed by atoms with Gasteiger partial charge in [0.2, 0.25) is 0 Å². The van der Waals surface area contributed by atoms with E-state index in [1.54, 1.807) is 0 Å². The Bertz CT molecular complexity index is 283. The quantitative estimate of drug-likeness (QED) is 0.496. The van der Waals surface area contributed by atoms with Gasteiger partial charge in [0.25, 0.3) is 0 Å². The van der Waals surface area contributed by atoms with Gasteiger partial charge in [-0.1, -0.05) is 0 Å². The second-order valence-corrected chi connectivity index (χ2v) is 5.17. The van der Waals surface area contributed by atoms with Gasteiger partial charge in [0.05, 0.1) is 0 Å². The summed E-state index contributed by atoms with van der Waals surface area (Å²) >= 11 is 1.85. The predicted octanol–water partition coefficient (Wildman–Crippen LogP) is 0.789. The molecule has 0 aromatic heterocycles. The van der Waals surface area contributed by atoms with Crippen molar-refractivity contribution in [1.82, 2.24) is 0 Å². The van der Waals surface area contributed by atoms with E-state index in [0.29, 0.717) is 0 Å². The number of rotatable bonds is 0. The Hall–Kier alpha value is -0.422. The summed E-state index contributed by atoms with van der Waals surface area (Å²) in [5.41, 5.74) is 9.57. The molecule has 0 amide bonds. The van der Waals surface area contributed by atoms with Crippen molar-refractivity contribution in [2.24, 2.45) is 0 Å². The predicted molar refractivity (Wildman–Crippen MR) is 50.6 cm³/mol. The van der Waals surface area contributed by atoms with Crippen LogP contribution in [-0.2, 0) is 12.8 Å². The summed E-state index contributed by atoms with van der Waals surface area (Å²) in [6, 6.07) is 6.29. The molecule has 58 valence electrons. The van der Waals surface area contributed by atoms with Crippen molar-refractivity contribution in [3.8, 4) is 0 Å². The Morgan fingerprint density at radius 1 is 1.27 bits per heavy atom. The van der Waals surface area contributed by atoms with E-state index >= 15 is 0 Å². The van der Waals surface area contributed by atoms with Crippen LogP contribution >= 0.6 is 0 Å². The Labute approximate surface area is 75.5 Å². The van der Waals surface area contributed by atoms with Crippen molar-refractivity contribution in [1.29, 1.82) is 0 Å². The normalized spacial score (nSPS) is 21.7. The Balaban J connectivity index is 2.43. The summed E-state index contributed by atoms with van der Waals surface area (Å²) in [5.74, 6) is 0. The maximum atomic E-state index is 5.68. The van der Waals surface area contributed by atoms with Crippen LogP contribution in [-0.4, -0.2) is 16.9 Å². The average molecular weight is 209 g/mol. The molecule has 0 saturated heterocycles. The third-order valence-electron chi connectivity index (χ3n) is 2.19. The first kappa shape index (κ1) is 7.24. The molecule has 0 heterocycles. The van der Waals surface area contributed by atoms with Crippen molar-refractivity contribution < 1.29 is 0 Å². The van der Waals surface area contributed by atoms with Crippen LogP contribution in [0.5, 0.6) is 0 Å². The third-order valence-corrected chi connectivity index (χ3v) is 3.18. The van der Waals surface area contributed by atoms with Crippen LogP contribution < -0.4 is 5.73 Å². The fourth-order valence-corrected chi connectivity index (χ4v) is 2.74. The molecular formula is C9H12AsN. The van der Waals surface area contributed by atoms with Gasteiger partial charge < -0.3 is 0 Å². The van der Waals surface area contributed by atoms with Crippen LogP contribution in [0, 0.1) is 0 Å². The van der Waals surface area contributed by atoms with Gasteiger partial charge >= 0.3 is 75.1 Å². The molecule has 2 heteroatoms. The van der Waals surface area contributed by atoms with E-state index < -0.39 is 0 Å². The zero-order valence-electron chi connectivity index (χ0n) is 6.38. The first-order chi connectivity index (χ1) is 5.25. The molecule has 1 aromatic rings. The fraction of sp³-hybridized carbons (Fsp3) is 0.333. The number of hydrogen-bond acceptors (Lipinski definition) is 1. The molecule has 1 aromatic carbocycles. The van der Waals surface area contributed by atoms with Crippen LogP contribution in [0.2, 0.25) is 4.71 Å².